The quantitative estimate of drug-likeness (QED) is 0.788. The van der Waals surface area contributed by atoms with Gasteiger partial charge in [0, 0.05) is 30.9 Å². The van der Waals surface area contributed by atoms with Gasteiger partial charge in [-0.2, -0.15) is 0 Å². The van der Waals surface area contributed by atoms with Gasteiger partial charge < -0.3 is 0 Å². The van der Waals surface area contributed by atoms with Crippen LogP contribution in [0.5, 0.6) is 0 Å². The zero-order valence-corrected chi connectivity index (χ0v) is 11.8. The van der Waals surface area contributed by atoms with Gasteiger partial charge in [0.05, 0.1) is 0 Å². The number of carbonyl (C=O) groups is 1. The topological polar surface area (TPSA) is 17.1 Å². The zero-order valence-electron chi connectivity index (χ0n) is 10.4. The van der Waals surface area contributed by atoms with E-state index in [0.717, 1.165) is 25.7 Å². The van der Waals surface area contributed by atoms with Crippen LogP contribution in [0, 0.1) is 5.92 Å². The summed E-state index contributed by atoms with van der Waals surface area (Å²) in [6, 6.07) is 10.0. The van der Waals surface area contributed by atoms with Crippen LogP contribution >= 0.6 is 0 Å². The van der Waals surface area contributed by atoms with Crippen molar-refractivity contribution >= 4 is 11.9 Å². The molecule has 1 aliphatic carbocycles. The predicted octanol–water partition coefficient (Wildman–Crippen LogP) is 4.09. The van der Waals surface area contributed by atoms with Crippen molar-refractivity contribution in [3.63, 3.8) is 0 Å². The Kier molecular flexibility index (Phi) is 8.84. The number of Topliss-reactive ketones (excluding diaryl/α,β-unsaturated/α-hetero) is 1. The van der Waals surface area contributed by atoms with Crippen LogP contribution in [-0.4, -0.2) is 5.78 Å². The third-order valence-corrected chi connectivity index (χ3v) is 2.96. The molecular weight excluding hydrogens is 247 g/mol. The predicted molar refractivity (Wildman–Crippen MR) is 69.2 cm³/mol. The largest absolute Gasteiger partial charge is 0.299 e. The fourth-order valence-corrected chi connectivity index (χ4v) is 1.91. The number of benzene rings is 1. The van der Waals surface area contributed by atoms with Crippen molar-refractivity contribution in [3.8, 4) is 0 Å². The van der Waals surface area contributed by atoms with Crippen molar-refractivity contribution in [2.75, 3.05) is 0 Å². The minimum atomic E-state index is 0. The third-order valence-electron chi connectivity index (χ3n) is 2.96. The number of carbonyl (C=O) groups excluding carboxylic acids is 1. The second-order valence-electron chi connectivity index (χ2n) is 4.08. The number of rotatable bonds is 2. The van der Waals surface area contributed by atoms with Crippen molar-refractivity contribution in [3.05, 3.63) is 42.5 Å². The summed E-state index contributed by atoms with van der Waals surface area (Å²) in [6.45, 7) is 5.72. The Morgan fingerprint density at radius 3 is 2.29 bits per heavy atom. The first-order valence-corrected chi connectivity index (χ1v) is 5.98. The average Bonchev–Trinajstić information content (AvgIpc) is 2.76. The average molecular weight is 267 g/mol. The van der Waals surface area contributed by atoms with Gasteiger partial charge in [0.15, 0.2) is 0 Å². The minimum absolute atomic E-state index is 0. The van der Waals surface area contributed by atoms with Gasteiger partial charge in [-0.15, -0.1) is 0 Å². The van der Waals surface area contributed by atoms with Gasteiger partial charge in [-0.1, -0.05) is 49.9 Å². The van der Waals surface area contributed by atoms with Crippen LogP contribution in [0.4, 0.5) is 0 Å². The molecule has 17 heavy (non-hydrogen) atoms. The Morgan fingerprint density at radius 2 is 2.00 bits per heavy atom. The summed E-state index contributed by atoms with van der Waals surface area (Å²) in [6.07, 6.45) is 6.02. The Balaban J connectivity index is 0.000000284. The molecule has 0 aliphatic heterocycles. The zero-order chi connectivity index (χ0) is 11.8. The summed E-state index contributed by atoms with van der Waals surface area (Å²) < 4.78 is 0. The number of ketones is 1. The maximum atomic E-state index is 10.8. The van der Waals surface area contributed by atoms with Gasteiger partial charge in [-0.05, 0) is 24.8 Å². The van der Waals surface area contributed by atoms with Crippen LogP contribution in [-0.2, 0) is 23.4 Å². The molecule has 1 unspecified atom stereocenters. The summed E-state index contributed by atoms with van der Waals surface area (Å²) in [7, 11) is 0. The van der Waals surface area contributed by atoms with Crippen molar-refractivity contribution < 1.29 is 23.4 Å². The third kappa shape index (κ3) is 5.90. The monoisotopic (exact) mass is 267 g/mol. The summed E-state index contributed by atoms with van der Waals surface area (Å²) in [5.41, 5.74) is 1.17. The molecule has 0 heterocycles. The molecule has 1 aromatic rings. The number of hydrogen-bond donors (Lipinski definition) is 0. The van der Waals surface area contributed by atoms with Gasteiger partial charge in [-0.25, -0.2) is 0 Å². The minimum Gasteiger partial charge on any atom is -0.299 e. The molecule has 0 spiro atoms. The molecular formula is C15H20OV. The molecule has 91 valence electrons. The first kappa shape index (κ1) is 16.2. The van der Waals surface area contributed by atoms with Gasteiger partial charge in [0.25, 0.3) is 0 Å². The van der Waals surface area contributed by atoms with Crippen LogP contribution < -0.4 is 0 Å². The van der Waals surface area contributed by atoms with Gasteiger partial charge in [0.2, 0.25) is 0 Å². The molecule has 1 fully saturated rings. The molecule has 1 saturated carbocycles. The van der Waals surface area contributed by atoms with Crippen LogP contribution in [0.1, 0.15) is 38.2 Å². The van der Waals surface area contributed by atoms with E-state index in [-0.39, 0.29) is 18.6 Å². The van der Waals surface area contributed by atoms with E-state index in [2.05, 4.69) is 13.5 Å². The molecule has 1 nitrogen and oxygen atoms in total. The van der Waals surface area contributed by atoms with Crippen LogP contribution in [0.25, 0.3) is 6.08 Å². The van der Waals surface area contributed by atoms with E-state index in [1.807, 2.05) is 36.4 Å². The van der Waals surface area contributed by atoms with E-state index in [0.29, 0.717) is 11.7 Å². The van der Waals surface area contributed by atoms with Crippen LogP contribution in [0.15, 0.2) is 36.9 Å². The molecule has 1 aliphatic rings. The SMILES string of the molecule is C=Cc1ccccc1.CCC1CCCC1=O.[V]. The van der Waals surface area contributed by atoms with E-state index in [9.17, 15) is 4.79 Å². The van der Waals surface area contributed by atoms with Crippen LogP contribution in [0.2, 0.25) is 0 Å². The Bertz CT molecular complexity index is 332. The molecule has 0 amide bonds. The van der Waals surface area contributed by atoms with Crippen molar-refractivity contribution in [1.29, 1.82) is 0 Å². The van der Waals surface area contributed by atoms with E-state index < -0.39 is 0 Å². The molecule has 2 heteroatoms. The Morgan fingerprint density at radius 1 is 1.35 bits per heavy atom. The molecule has 0 aromatic heterocycles. The summed E-state index contributed by atoms with van der Waals surface area (Å²) in [5, 5.41) is 0. The fourth-order valence-electron chi connectivity index (χ4n) is 1.91. The molecule has 2 rings (SSSR count). The Labute approximate surface area is 116 Å². The molecule has 0 saturated heterocycles. The second kappa shape index (κ2) is 9.27. The van der Waals surface area contributed by atoms with Crippen molar-refractivity contribution in [1.82, 2.24) is 0 Å². The second-order valence-corrected chi connectivity index (χ2v) is 4.08. The van der Waals surface area contributed by atoms with Crippen molar-refractivity contribution in [2.45, 2.75) is 32.6 Å². The Hall–Kier alpha value is -0.786. The first-order valence-electron chi connectivity index (χ1n) is 5.98. The fraction of sp³-hybridized carbons (Fsp3) is 0.400. The van der Waals surface area contributed by atoms with E-state index >= 15 is 0 Å². The molecule has 1 atom stereocenters. The normalized spacial score (nSPS) is 17.7. The van der Waals surface area contributed by atoms with E-state index in [1.54, 1.807) is 0 Å². The van der Waals surface area contributed by atoms with Crippen molar-refractivity contribution in [2.24, 2.45) is 5.92 Å². The molecule has 0 bridgehead atoms. The summed E-state index contributed by atoms with van der Waals surface area (Å²) in [4.78, 5) is 10.8. The maximum Gasteiger partial charge on any atom is 0.135 e. The summed E-state index contributed by atoms with van der Waals surface area (Å²) >= 11 is 0. The standard InChI is InChI=1S/C8H8.C7H12O.V/c1-2-8-6-4-3-5-7-8;1-2-6-4-3-5-7(6)8;/h2-7H,1H2;6H,2-5H2,1H3;. The smallest absolute Gasteiger partial charge is 0.135 e. The number of hydrogen-bond acceptors (Lipinski definition) is 1. The van der Waals surface area contributed by atoms with Gasteiger partial charge in [0.1, 0.15) is 5.78 Å². The van der Waals surface area contributed by atoms with E-state index in [4.69, 9.17) is 0 Å². The van der Waals surface area contributed by atoms with E-state index in [1.165, 1.54) is 5.56 Å². The molecule has 1 aromatic carbocycles. The van der Waals surface area contributed by atoms with Crippen LogP contribution in [0.3, 0.4) is 0 Å². The summed E-state index contributed by atoms with van der Waals surface area (Å²) in [5.74, 6) is 0.919. The van der Waals surface area contributed by atoms with Gasteiger partial charge in [-0.3, -0.25) is 4.79 Å². The molecule has 0 N–H and O–H groups in total. The molecule has 1 radical (unpaired) electrons. The van der Waals surface area contributed by atoms with Gasteiger partial charge >= 0.3 is 0 Å². The maximum absolute atomic E-state index is 10.8. The first-order chi connectivity index (χ1) is 7.77.